The van der Waals surface area contributed by atoms with Crippen LogP contribution in [0.2, 0.25) is 0 Å². The predicted octanol–water partition coefficient (Wildman–Crippen LogP) is 2.10. The summed E-state index contributed by atoms with van der Waals surface area (Å²) in [7, 11) is 0. The molecule has 142 valence electrons. The number of hydrogen-bond acceptors (Lipinski definition) is 5. The van der Waals surface area contributed by atoms with E-state index in [0.29, 0.717) is 44.1 Å². The lowest BCUT2D eigenvalue weighted by Gasteiger charge is -2.22. The summed E-state index contributed by atoms with van der Waals surface area (Å²) in [6.45, 7) is 3.19. The molecule has 5 rings (SSSR count). The van der Waals surface area contributed by atoms with Gasteiger partial charge in [0.15, 0.2) is 0 Å². The highest BCUT2D eigenvalue weighted by atomic mass is 16.5. The molecule has 3 fully saturated rings. The minimum Gasteiger partial charge on any atom is -0.351 e. The van der Waals surface area contributed by atoms with Gasteiger partial charge in [0.1, 0.15) is 0 Å². The largest absolute Gasteiger partial charge is 0.351 e. The van der Waals surface area contributed by atoms with Crippen molar-refractivity contribution in [1.29, 1.82) is 0 Å². The first-order valence-electron chi connectivity index (χ1n) is 9.56. The Labute approximate surface area is 158 Å². The number of amides is 2. The van der Waals surface area contributed by atoms with Crippen LogP contribution in [-0.4, -0.2) is 46.0 Å². The third-order valence-corrected chi connectivity index (χ3v) is 5.34. The summed E-state index contributed by atoms with van der Waals surface area (Å²) in [5.41, 5.74) is 2.07. The van der Waals surface area contributed by atoms with Gasteiger partial charge in [0, 0.05) is 37.5 Å². The number of hydrogen-bond donors (Lipinski definition) is 1. The Bertz CT molecular complexity index is 847. The fourth-order valence-electron chi connectivity index (χ4n) is 3.85. The summed E-state index contributed by atoms with van der Waals surface area (Å²) in [6, 6.07) is 8.06. The third-order valence-electron chi connectivity index (χ3n) is 5.34. The second kappa shape index (κ2) is 7.50. The molecule has 2 bridgehead atoms. The van der Waals surface area contributed by atoms with Crippen LogP contribution in [0.15, 0.2) is 28.8 Å². The van der Waals surface area contributed by atoms with Gasteiger partial charge in [-0.1, -0.05) is 28.9 Å². The molecule has 7 heteroatoms. The van der Waals surface area contributed by atoms with E-state index < -0.39 is 0 Å². The molecule has 4 heterocycles. The molecule has 1 aromatic heterocycles. The standard InChI is InChI=1S/C20H24N4O3/c1-13-4-2-5-14(10-13)19-22-17(27-23-19)6-3-7-18(25)24-11-15-8-9-16(12-24)21-20(15)26/h2,4-5,10,15-16H,3,6-9,11-12H2,1H3,(H,21,26)/t15-,16+/m1/s1. The van der Waals surface area contributed by atoms with Gasteiger partial charge in [-0.25, -0.2) is 0 Å². The second-order valence-electron chi connectivity index (χ2n) is 7.51. The first-order valence-corrected chi connectivity index (χ1v) is 9.56. The van der Waals surface area contributed by atoms with Crippen LogP contribution in [0.4, 0.5) is 0 Å². The quantitative estimate of drug-likeness (QED) is 0.873. The van der Waals surface area contributed by atoms with E-state index in [4.69, 9.17) is 4.52 Å². The number of nitrogens with zero attached hydrogens (tertiary/aromatic N) is 3. The number of benzene rings is 1. The minimum absolute atomic E-state index is 0.0551. The molecule has 1 N–H and O–H groups in total. The van der Waals surface area contributed by atoms with Crippen molar-refractivity contribution in [3.05, 3.63) is 35.7 Å². The van der Waals surface area contributed by atoms with E-state index in [1.165, 1.54) is 0 Å². The number of carbonyl (C=O) groups is 2. The van der Waals surface area contributed by atoms with Crippen molar-refractivity contribution in [2.75, 3.05) is 13.1 Å². The van der Waals surface area contributed by atoms with E-state index in [0.717, 1.165) is 24.0 Å². The van der Waals surface area contributed by atoms with E-state index in [1.54, 1.807) is 0 Å². The molecule has 7 nitrogen and oxygen atoms in total. The summed E-state index contributed by atoms with van der Waals surface area (Å²) < 4.78 is 5.32. The van der Waals surface area contributed by atoms with E-state index in [2.05, 4.69) is 15.5 Å². The summed E-state index contributed by atoms with van der Waals surface area (Å²) in [4.78, 5) is 30.7. The van der Waals surface area contributed by atoms with Crippen LogP contribution in [0.3, 0.4) is 0 Å². The number of aryl methyl sites for hydroxylation is 2. The van der Waals surface area contributed by atoms with Crippen LogP contribution in [0.25, 0.3) is 11.4 Å². The van der Waals surface area contributed by atoms with Crippen molar-refractivity contribution in [2.45, 2.75) is 45.1 Å². The zero-order chi connectivity index (χ0) is 18.8. The maximum absolute atomic E-state index is 12.6. The molecule has 0 spiro atoms. The number of piperidine rings is 1. The zero-order valence-corrected chi connectivity index (χ0v) is 15.5. The van der Waals surface area contributed by atoms with Gasteiger partial charge in [-0.2, -0.15) is 4.98 Å². The van der Waals surface area contributed by atoms with Gasteiger partial charge in [-0.05, 0) is 32.3 Å². The average Bonchev–Trinajstić information content (AvgIpc) is 2.94. The summed E-state index contributed by atoms with van der Waals surface area (Å²) in [6.07, 6.45) is 3.49. The molecule has 1 aromatic carbocycles. The van der Waals surface area contributed by atoms with Crippen molar-refractivity contribution >= 4 is 11.8 Å². The number of aromatic nitrogens is 2. The van der Waals surface area contributed by atoms with E-state index in [-0.39, 0.29) is 23.8 Å². The number of rotatable bonds is 5. The predicted molar refractivity (Wildman–Crippen MR) is 98.6 cm³/mol. The Morgan fingerprint density at radius 1 is 1.33 bits per heavy atom. The zero-order valence-electron chi connectivity index (χ0n) is 15.5. The molecule has 0 unspecified atom stereocenters. The minimum atomic E-state index is -0.0551. The number of fused-ring (bicyclic) bond motifs is 4. The molecule has 2 atom stereocenters. The Kier molecular flexibility index (Phi) is 4.92. The van der Waals surface area contributed by atoms with Crippen molar-refractivity contribution < 1.29 is 14.1 Å². The van der Waals surface area contributed by atoms with Crippen LogP contribution >= 0.6 is 0 Å². The maximum atomic E-state index is 12.6. The fraction of sp³-hybridized carbons (Fsp3) is 0.500. The van der Waals surface area contributed by atoms with Gasteiger partial charge in [-0.3, -0.25) is 9.59 Å². The van der Waals surface area contributed by atoms with Gasteiger partial charge in [0.05, 0.1) is 5.92 Å². The molecule has 3 saturated heterocycles. The number of carbonyl (C=O) groups excluding carboxylic acids is 2. The van der Waals surface area contributed by atoms with Crippen molar-refractivity contribution in [3.63, 3.8) is 0 Å². The Morgan fingerprint density at radius 3 is 3.04 bits per heavy atom. The lowest BCUT2D eigenvalue weighted by molar-refractivity contribution is -0.132. The summed E-state index contributed by atoms with van der Waals surface area (Å²) in [5, 5.41) is 7.04. The molecule has 3 aliphatic heterocycles. The topological polar surface area (TPSA) is 88.3 Å². The first-order chi connectivity index (χ1) is 13.1. The Balaban J connectivity index is 1.30. The van der Waals surface area contributed by atoms with Crippen LogP contribution in [-0.2, 0) is 16.0 Å². The van der Waals surface area contributed by atoms with Gasteiger partial charge in [0.2, 0.25) is 23.5 Å². The molecule has 2 aromatic rings. The SMILES string of the molecule is Cc1cccc(-c2noc(CCCC(=O)N3C[C@@H]4CC[C@H](C3)C(=O)N4)n2)c1. The molecular formula is C20H24N4O3. The Morgan fingerprint density at radius 2 is 2.22 bits per heavy atom. The molecular weight excluding hydrogens is 344 g/mol. The van der Waals surface area contributed by atoms with Crippen molar-refractivity contribution in [3.8, 4) is 11.4 Å². The smallest absolute Gasteiger partial charge is 0.226 e. The lowest BCUT2D eigenvalue weighted by Crippen LogP contribution is -2.43. The molecule has 2 amide bonds. The lowest BCUT2D eigenvalue weighted by atomic mass is 9.96. The second-order valence-corrected chi connectivity index (χ2v) is 7.51. The van der Waals surface area contributed by atoms with E-state index in [1.807, 2.05) is 36.1 Å². The van der Waals surface area contributed by atoms with Gasteiger partial charge >= 0.3 is 0 Å². The van der Waals surface area contributed by atoms with Crippen LogP contribution < -0.4 is 5.32 Å². The van der Waals surface area contributed by atoms with E-state index in [9.17, 15) is 9.59 Å². The summed E-state index contributed by atoms with van der Waals surface area (Å²) >= 11 is 0. The van der Waals surface area contributed by atoms with Crippen LogP contribution in [0.5, 0.6) is 0 Å². The van der Waals surface area contributed by atoms with Gasteiger partial charge in [0.25, 0.3) is 0 Å². The fourth-order valence-corrected chi connectivity index (χ4v) is 3.85. The maximum Gasteiger partial charge on any atom is 0.226 e. The van der Waals surface area contributed by atoms with Crippen LogP contribution in [0.1, 0.15) is 37.1 Å². The van der Waals surface area contributed by atoms with Gasteiger partial charge in [-0.15, -0.1) is 0 Å². The highest BCUT2D eigenvalue weighted by Gasteiger charge is 2.36. The molecule has 3 aliphatic rings. The normalized spacial score (nSPS) is 21.8. The van der Waals surface area contributed by atoms with Crippen LogP contribution in [0, 0.1) is 12.8 Å². The monoisotopic (exact) mass is 368 g/mol. The number of nitrogens with one attached hydrogen (secondary N) is 1. The highest BCUT2D eigenvalue weighted by molar-refractivity contribution is 5.83. The van der Waals surface area contributed by atoms with E-state index >= 15 is 0 Å². The third kappa shape index (κ3) is 4.02. The first kappa shape index (κ1) is 17.7. The average molecular weight is 368 g/mol. The van der Waals surface area contributed by atoms with Crippen molar-refractivity contribution in [2.24, 2.45) is 5.92 Å². The highest BCUT2D eigenvalue weighted by Crippen LogP contribution is 2.23. The Hall–Kier alpha value is -2.70. The van der Waals surface area contributed by atoms with Gasteiger partial charge < -0.3 is 14.7 Å². The molecule has 0 saturated carbocycles. The molecule has 0 radical (unpaired) electrons. The van der Waals surface area contributed by atoms with Crippen molar-refractivity contribution in [1.82, 2.24) is 20.4 Å². The summed E-state index contributed by atoms with van der Waals surface area (Å²) in [5.74, 6) is 1.26. The molecule has 27 heavy (non-hydrogen) atoms. The molecule has 0 aliphatic carbocycles.